The first-order valence-corrected chi connectivity index (χ1v) is 7.75. The Kier molecular flexibility index (Phi) is 3.46. The average molecular weight is 320 g/mol. The maximum absolute atomic E-state index is 9.25. The number of aromatic nitrogens is 5. The molecule has 1 aliphatic rings. The maximum Gasteiger partial charge on any atom is 0.163 e. The highest BCUT2D eigenvalue weighted by Crippen LogP contribution is 2.25. The van der Waals surface area contributed by atoms with Crippen molar-refractivity contribution in [3.63, 3.8) is 0 Å². The van der Waals surface area contributed by atoms with E-state index in [-0.39, 0.29) is 0 Å². The van der Waals surface area contributed by atoms with Gasteiger partial charge in [-0.1, -0.05) is 0 Å². The van der Waals surface area contributed by atoms with Crippen molar-refractivity contribution in [2.45, 2.75) is 0 Å². The molecule has 3 aromatic heterocycles. The van der Waals surface area contributed by atoms with Crippen molar-refractivity contribution >= 4 is 22.7 Å². The third-order valence-electron chi connectivity index (χ3n) is 4.29. The van der Waals surface area contributed by atoms with Gasteiger partial charge in [-0.2, -0.15) is 10.4 Å². The van der Waals surface area contributed by atoms with Gasteiger partial charge in [-0.3, -0.25) is 4.68 Å². The lowest BCUT2D eigenvalue weighted by molar-refractivity contribution is 0.642. The molecule has 0 unspecified atom stereocenters. The highest BCUT2D eigenvalue weighted by Gasteiger charge is 2.23. The number of rotatable bonds is 2. The van der Waals surface area contributed by atoms with Gasteiger partial charge in [-0.05, 0) is 12.1 Å². The third-order valence-corrected chi connectivity index (χ3v) is 4.29. The quantitative estimate of drug-likeness (QED) is 0.695. The molecule has 1 aliphatic heterocycles. The van der Waals surface area contributed by atoms with E-state index in [2.05, 4.69) is 35.9 Å². The van der Waals surface area contributed by atoms with Crippen LogP contribution in [-0.2, 0) is 7.05 Å². The van der Waals surface area contributed by atoms with E-state index in [9.17, 15) is 5.26 Å². The standard InChI is InChI=1S/C16H16N8/c1-22-15-13(10-21-22)16(20-11-19-15)24-7-5-23(6-8-24)14-12(9-17)3-2-4-18-14/h2-4,10-11H,5-8H2,1H3. The lowest BCUT2D eigenvalue weighted by Gasteiger charge is -2.36. The van der Waals surface area contributed by atoms with Crippen molar-refractivity contribution < 1.29 is 0 Å². The van der Waals surface area contributed by atoms with Crippen LogP contribution in [0.4, 0.5) is 11.6 Å². The Morgan fingerprint density at radius 2 is 1.79 bits per heavy atom. The van der Waals surface area contributed by atoms with Crippen LogP contribution in [0, 0.1) is 11.3 Å². The summed E-state index contributed by atoms with van der Waals surface area (Å²) in [4.78, 5) is 17.5. The lowest BCUT2D eigenvalue weighted by Crippen LogP contribution is -2.47. The summed E-state index contributed by atoms with van der Waals surface area (Å²) >= 11 is 0. The zero-order valence-corrected chi connectivity index (χ0v) is 13.3. The molecular formula is C16H16N8. The minimum Gasteiger partial charge on any atom is -0.352 e. The van der Waals surface area contributed by atoms with E-state index in [4.69, 9.17) is 0 Å². The van der Waals surface area contributed by atoms with E-state index in [1.807, 2.05) is 13.2 Å². The molecule has 4 heterocycles. The number of piperazine rings is 1. The van der Waals surface area contributed by atoms with Crippen LogP contribution in [0.1, 0.15) is 5.56 Å². The van der Waals surface area contributed by atoms with Crippen LogP contribution in [0.5, 0.6) is 0 Å². The minimum atomic E-state index is 0.614. The Labute approximate surface area is 139 Å². The van der Waals surface area contributed by atoms with Crippen LogP contribution in [0.15, 0.2) is 30.9 Å². The van der Waals surface area contributed by atoms with Crippen LogP contribution in [0.2, 0.25) is 0 Å². The first kappa shape index (κ1) is 14.4. The molecule has 3 aromatic rings. The van der Waals surface area contributed by atoms with Crippen LogP contribution in [-0.4, -0.2) is 50.9 Å². The van der Waals surface area contributed by atoms with Crippen molar-refractivity contribution in [1.82, 2.24) is 24.7 Å². The molecule has 120 valence electrons. The van der Waals surface area contributed by atoms with Crippen molar-refractivity contribution in [3.05, 3.63) is 36.4 Å². The van der Waals surface area contributed by atoms with Gasteiger partial charge in [0.2, 0.25) is 0 Å². The summed E-state index contributed by atoms with van der Waals surface area (Å²) in [5.41, 5.74) is 1.45. The van der Waals surface area contributed by atoms with Gasteiger partial charge in [0, 0.05) is 39.4 Å². The summed E-state index contributed by atoms with van der Waals surface area (Å²) in [5.74, 6) is 1.67. The Morgan fingerprint density at radius 3 is 2.54 bits per heavy atom. The van der Waals surface area contributed by atoms with Gasteiger partial charge in [0.1, 0.15) is 24.0 Å². The molecule has 0 bridgehead atoms. The number of nitriles is 1. The molecule has 24 heavy (non-hydrogen) atoms. The van der Waals surface area contributed by atoms with Gasteiger partial charge in [-0.25, -0.2) is 15.0 Å². The number of aryl methyl sites for hydroxylation is 1. The maximum atomic E-state index is 9.25. The molecule has 0 saturated carbocycles. The monoisotopic (exact) mass is 320 g/mol. The molecule has 1 saturated heterocycles. The second-order valence-electron chi connectivity index (χ2n) is 5.66. The summed E-state index contributed by atoms with van der Waals surface area (Å²) in [6.07, 6.45) is 5.12. The zero-order chi connectivity index (χ0) is 16.5. The number of fused-ring (bicyclic) bond motifs is 1. The van der Waals surface area contributed by atoms with E-state index in [0.29, 0.717) is 5.56 Å². The molecule has 0 N–H and O–H groups in total. The van der Waals surface area contributed by atoms with Gasteiger partial charge in [0.25, 0.3) is 0 Å². The highest BCUT2D eigenvalue weighted by molar-refractivity contribution is 5.86. The number of pyridine rings is 1. The molecular weight excluding hydrogens is 304 g/mol. The van der Waals surface area contributed by atoms with E-state index in [1.165, 1.54) is 0 Å². The molecule has 0 aromatic carbocycles. The molecule has 0 spiro atoms. The van der Waals surface area contributed by atoms with Gasteiger partial charge in [0.15, 0.2) is 5.65 Å². The molecule has 8 heteroatoms. The summed E-state index contributed by atoms with van der Waals surface area (Å²) < 4.78 is 1.75. The number of nitrogens with zero attached hydrogens (tertiary/aromatic N) is 8. The van der Waals surface area contributed by atoms with E-state index >= 15 is 0 Å². The predicted molar refractivity (Wildman–Crippen MR) is 89.7 cm³/mol. The van der Waals surface area contributed by atoms with Crippen LogP contribution < -0.4 is 9.80 Å². The van der Waals surface area contributed by atoms with Gasteiger partial charge in [0.05, 0.1) is 17.1 Å². The van der Waals surface area contributed by atoms with Crippen molar-refractivity contribution in [3.8, 4) is 6.07 Å². The average Bonchev–Trinajstić information content (AvgIpc) is 3.03. The SMILES string of the molecule is Cn1ncc2c(N3CCN(c4ncccc4C#N)CC3)ncnc21. The van der Waals surface area contributed by atoms with Crippen molar-refractivity contribution in [2.24, 2.45) is 7.05 Å². The molecule has 8 nitrogen and oxygen atoms in total. The smallest absolute Gasteiger partial charge is 0.163 e. The second kappa shape index (κ2) is 5.77. The van der Waals surface area contributed by atoms with Crippen molar-refractivity contribution in [1.29, 1.82) is 5.26 Å². The van der Waals surface area contributed by atoms with E-state index in [1.54, 1.807) is 29.3 Å². The molecule has 0 atom stereocenters. The molecule has 0 amide bonds. The van der Waals surface area contributed by atoms with Crippen LogP contribution >= 0.6 is 0 Å². The van der Waals surface area contributed by atoms with Crippen LogP contribution in [0.25, 0.3) is 11.0 Å². The van der Waals surface area contributed by atoms with Gasteiger partial charge >= 0.3 is 0 Å². The van der Waals surface area contributed by atoms with Crippen molar-refractivity contribution in [2.75, 3.05) is 36.0 Å². The first-order valence-electron chi connectivity index (χ1n) is 7.75. The molecule has 4 rings (SSSR count). The number of hydrogen-bond donors (Lipinski definition) is 0. The number of anilines is 2. The Hall–Kier alpha value is -3.21. The van der Waals surface area contributed by atoms with E-state index < -0.39 is 0 Å². The minimum absolute atomic E-state index is 0.614. The summed E-state index contributed by atoms with van der Waals surface area (Å²) in [6.45, 7) is 3.19. The molecule has 0 aliphatic carbocycles. The fraction of sp³-hybridized carbons (Fsp3) is 0.312. The van der Waals surface area contributed by atoms with Gasteiger partial charge < -0.3 is 9.80 Å². The second-order valence-corrected chi connectivity index (χ2v) is 5.66. The first-order chi connectivity index (χ1) is 11.8. The Bertz CT molecular complexity index is 917. The van der Waals surface area contributed by atoms with Crippen LogP contribution in [0.3, 0.4) is 0 Å². The van der Waals surface area contributed by atoms with E-state index in [0.717, 1.165) is 48.8 Å². The zero-order valence-electron chi connectivity index (χ0n) is 13.3. The fourth-order valence-corrected chi connectivity index (χ4v) is 3.07. The fourth-order valence-electron chi connectivity index (χ4n) is 3.07. The lowest BCUT2D eigenvalue weighted by atomic mass is 10.2. The Morgan fingerprint density at radius 1 is 1.04 bits per heavy atom. The predicted octanol–water partition coefficient (Wildman–Crippen LogP) is 0.957. The summed E-state index contributed by atoms with van der Waals surface area (Å²) in [5, 5.41) is 14.5. The molecule has 1 fully saturated rings. The van der Waals surface area contributed by atoms with Gasteiger partial charge in [-0.15, -0.1) is 0 Å². The highest BCUT2D eigenvalue weighted by atomic mass is 15.3. The molecule has 0 radical (unpaired) electrons. The largest absolute Gasteiger partial charge is 0.352 e. The topological polar surface area (TPSA) is 86.8 Å². The Balaban J connectivity index is 1.57. The summed E-state index contributed by atoms with van der Waals surface area (Å²) in [7, 11) is 1.88. The summed E-state index contributed by atoms with van der Waals surface area (Å²) in [6, 6.07) is 5.81. The normalized spacial score (nSPS) is 14.8. The third kappa shape index (κ3) is 2.31. The number of hydrogen-bond acceptors (Lipinski definition) is 7.